The minimum atomic E-state index is -0.280. The van der Waals surface area contributed by atoms with Crippen LogP contribution in [0.25, 0.3) is 0 Å². The summed E-state index contributed by atoms with van der Waals surface area (Å²) in [4.78, 5) is 0. The summed E-state index contributed by atoms with van der Waals surface area (Å²) in [6, 6.07) is 11.8. The quantitative estimate of drug-likeness (QED) is 0.284. The van der Waals surface area contributed by atoms with Crippen LogP contribution in [-0.4, -0.2) is 56.0 Å². The normalized spacial score (nSPS) is 13.3. The van der Waals surface area contributed by atoms with Crippen molar-refractivity contribution in [2.75, 3.05) is 0 Å². The molecule has 0 aliphatic heterocycles. The Morgan fingerprint density at radius 2 is 0.800 bits per heavy atom. The van der Waals surface area contributed by atoms with Gasteiger partial charge in [-0.3, -0.25) is 0 Å². The first kappa shape index (κ1) is 27.5. The van der Waals surface area contributed by atoms with E-state index >= 15 is 0 Å². The van der Waals surface area contributed by atoms with Gasteiger partial charge in [0.15, 0.2) is 12.6 Å². The summed E-state index contributed by atoms with van der Waals surface area (Å²) in [6.45, 7) is 16.6. The Hall–Kier alpha value is -0.506. The first-order chi connectivity index (χ1) is 14.2. The molecule has 174 valence electrons. The molecule has 0 aromatic heterocycles. The summed E-state index contributed by atoms with van der Waals surface area (Å²) >= 11 is 0. The largest absolute Gasteiger partial charge is 0.350 e. The van der Waals surface area contributed by atoms with E-state index < -0.39 is 0 Å². The van der Waals surface area contributed by atoms with E-state index in [1.54, 1.807) is 0 Å². The molecule has 0 saturated carbocycles. The summed E-state index contributed by atoms with van der Waals surface area (Å²) in [6.07, 6.45) is 2.66. The van der Waals surface area contributed by atoms with Crippen LogP contribution >= 0.6 is 0 Å². The molecule has 0 atom stereocenters. The second kappa shape index (κ2) is 15.3. The van der Waals surface area contributed by atoms with Crippen LogP contribution in [0, 0.1) is 0 Å². The lowest BCUT2D eigenvalue weighted by molar-refractivity contribution is -0.181. The Bertz CT molecular complexity index is 478. The maximum Gasteiger partial charge on any atom is 0.157 e. The smallest absolute Gasteiger partial charge is 0.157 e. The van der Waals surface area contributed by atoms with E-state index in [1.165, 1.54) is 22.5 Å². The molecule has 0 bridgehead atoms. The van der Waals surface area contributed by atoms with Crippen LogP contribution in [0.2, 0.25) is 12.1 Å². The molecular formula is C24H46O4Si2. The average Bonchev–Trinajstić information content (AvgIpc) is 2.60. The lowest BCUT2D eigenvalue weighted by atomic mass is 10.4. The predicted octanol–water partition coefficient (Wildman–Crippen LogP) is 3.24. The van der Waals surface area contributed by atoms with Gasteiger partial charge in [0, 0.05) is 0 Å². The van der Waals surface area contributed by atoms with Gasteiger partial charge in [-0.2, -0.15) is 0 Å². The van der Waals surface area contributed by atoms with Crippen molar-refractivity contribution in [3.63, 3.8) is 0 Å². The van der Waals surface area contributed by atoms with Crippen LogP contribution in [0.4, 0.5) is 0 Å². The average molecular weight is 455 g/mol. The molecule has 0 saturated heterocycles. The van der Waals surface area contributed by atoms with Crippen molar-refractivity contribution in [3.05, 3.63) is 24.3 Å². The number of ether oxygens (including phenoxy) is 4. The van der Waals surface area contributed by atoms with E-state index in [1.807, 2.05) is 0 Å². The monoisotopic (exact) mass is 454 g/mol. The van der Waals surface area contributed by atoms with E-state index in [2.05, 4.69) is 79.7 Å². The van der Waals surface area contributed by atoms with Gasteiger partial charge in [0.2, 0.25) is 0 Å². The molecule has 1 rings (SSSR count). The molecule has 0 radical (unpaired) electrons. The van der Waals surface area contributed by atoms with Gasteiger partial charge < -0.3 is 18.9 Å². The first-order valence-corrected chi connectivity index (χ1v) is 15.3. The van der Waals surface area contributed by atoms with Gasteiger partial charge in [-0.15, -0.1) is 0 Å². The van der Waals surface area contributed by atoms with Crippen molar-refractivity contribution in [2.45, 2.75) is 117 Å². The molecule has 0 fully saturated rings. The Labute approximate surface area is 190 Å². The van der Waals surface area contributed by atoms with Crippen molar-refractivity contribution < 1.29 is 18.9 Å². The SMILES string of the molecule is CC(C)OC(CC[SiH2]c1ccc([SiH2]CCC(OC(C)C)OC(C)C)cc1)OC(C)C. The van der Waals surface area contributed by atoms with Crippen LogP contribution in [0.5, 0.6) is 0 Å². The molecule has 0 amide bonds. The molecule has 0 unspecified atom stereocenters. The van der Waals surface area contributed by atoms with Gasteiger partial charge in [-0.05, 0) is 68.2 Å². The summed E-state index contributed by atoms with van der Waals surface area (Å²) in [5.74, 6) is 0. The van der Waals surface area contributed by atoms with E-state index in [4.69, 9.17) is 18.9 Å². The minimum Gasteiger partial charge on any atom is -0.350 e. The van der Waals surface area contributed by atoms with Crippen molar-refractivity contribution in [1.82, 2.24) is 0 Å². The lowest BCUT2D eigenvalue weighted by Gasteiger charge is -2.23. The maximum absolute atomic E-state index is 5.91. The predicted molar refractivity (Wildman–Crippen MR) is 134 cm³/mol. The lowest BCUT2D eigenvalue weighted by Crippen LogP contribution is -2.27. The summed E-state index contributed by atoms with van der Waals surface area (Å²) in [7, 11) is -0.561. The van der Waals surface area contributed by atoms with Crippen molar-refractivity contribution >= 4 is 29.4 Å². The van der Waals surface area contributed by atoms with Gasteiger partial charge >= 0.3 is 0 Å². The van der Waals surface area contributed by atoms with Crippen molar-refractivity contribution in [2.24, 2.45) is 0 Å². The molecule has 6 heteroatoms. The number of hydrogen-bond donors (Lipinski definition) is 0. The van der Waals surface area contributed by atoms with Crippen LogP contribution < -0.4 is 10.4 Å². The molecule has 0 aliphatic rings. The van der Waals surface area contributed by atoms with Crippen LogP contribution in [0.1, 0.15) is 68.2 Å². The molecule has 0 heterocycles. The zero-order valence-corrected chi connectivity index (χ0v) is 23.5. The summed E-state index contributed by atoms with van der Waals surface area (Å²) < 4.78 is 23.7. The number of benzene rings is 1. The minimum absolute atomic E-state index is 0.0711. The standard InChI is InChI=1S/C24H46O4Si2/c1-17(2)25-23(26-18(3)4)13-15-29-21-9-11-22(12-10-21)30-16-14-24(27-19(5)6)28-20(7)8/h9-12,17-20,23-24H,13-16,29-30H2,1-8H3. The van der Waals surface area contributed by atoms with Gasteiger partial charge in [-0.1, -0.05) is 46.7 Å². The first-order valence-electron chi connectivity index (χ1n) is 11.8. The number of rotatable bonds is 16. The van der Waals surface area contributed by atoms with Crippen LogP contribution in [0.15, 0.2) is 24.3 Å². The Morgan fingerprint density at radius 1 is 0.533 bits per heavy atom. The highest BCUT2D eigenvalue weighted by Crippen LogP contribution is 2.11. The fourth-order valence-corrected chi connectivity index (χ4v) is 6.40. The Balaban J connectivity index is 2.39. The Morgan fingerprint density at radius 3 is 1.03 bits per heavy atom. The number of hydrogen-bond acceptors (Lipinski definition) is 4. The third-order valence-corrected chi connectivity index (χ3v) is 8.15. The van der Waals surface area contributed by atoms with E-state index in [-0.39, 0.29) is 56.0 Å². The van der Waals surface area contributed by atoms with Gasteiger partial charge in [-0.25, -0.2) is 0 Å². The zero-order chi connectivity index (χ0) is 22.5. The third-order valence-electron chi connectivity index (χ3n) is 4.53. The zero-order valence-electron chi connectivity index (χ0n) is 20.6. The third kappa shape index (κ3) is 13.7. The highest BCUT2D eigenvalue weighted by molar-refractivity contribution is 6.55. The summed E-state index contributed by atoms with van der Waals surface area (Å²) in [5, 5.41) is 3.06. The Kier molecular flexibility index (Phi) is 14.1. The second-order valence-electron chi connectivity index (χ2n) is 9.20. The highest BCUT2D eigenvalue weighted by atomic mass is 28.2. The van der Waals surface area contributed by atoms with E-state index in [9.17, 15) is 0 Å². The van der Waals surface area contributed by atoms with Crippen molar-refractivity contribution in [3.8, 4) is 0 Å². The van der Waals surface area contributed by atoms with Crippen molar-refractivity contribution in [1.29, 1.82) is 0 Å². The van der Waals surface area contributed by atoms with E-state index in [0.717, 1.165) is 12.8 Å². The fourth-order valence-electron chi connectivity index (χ4n) is 3.37. The molecule has 0 aliphatic carbocycles. The molecule has 1 aromatic rings. The van der Waals surface area contributed by atoms with Gasteiger partial charge in [0.05, 0.1) is 43.5 Å². The molecular weight excluding hydrogens is 408 g/mol. The molecule has 30 heavy (non-hydrogen) atoms. The topological polar surface area (TPSA) is 36.9 Å². The molecule has 0 spiro atoms. The highest BCUT2D eigenvalue weighted by Gasteiger charge is 2.14. The maximum atomic E-state index is 5.91. The molecule has 0 N–H and O–H groups in total. The van der Waals surface area contributed by atoms with Crippen LogP contribution in [0.3, 0.4) is 0 Å². The van der Waals surface area contributed by atoms with E-state index in [0.29, 0.717) is 0 Å². The molecule has 4 nitrogen and oxygen atoms in total. The second-order valence-corrected chi connectivity index (χ2v) is 13.2. The summed E-state index contributed by atoms with van der Waals surface area (Å²) in [5.41, 5.74) is 0. The van der Waals surface area contributed by atoms with Crippen LogP contribution in [-0.2, 0) is 18.9 Å². The van der Waals surface area contributed by atoms with Gasteiger partial charge in [0.25, 0.3) is 0 Å². The van der Waals surface area contributed by atoms with Gasteiger partial charge in [0.1, 0.15) is 0 Å². The fraction of sp³-hybridized carbons (Fsp3) is 0.750. The molecule has 1 aromatic carbocycles.